The maximum Gasteiger partial charge on any atom is 0.238 e. The van der Waals surface area contributed by atoms with Crippen molar-refractivity contribution in [2.45, 2.75) is 56.7 Å². The molecule has 2 bridgehead atoms. The minimum absolute atomic E-state index is 0.00831. The molecule has 4 atom stereocenters. The molecule has 1 aromatic rings. The quantitative estimate of drug-likeness (QED) is 0.683. The van der Waals surface area contributed by atoms with Gasteiger partial charge in [0.1, 0.15) is 5.82 Å². The number of amidine groups is 1. The number of halogens is 1. The van der Waals surface area contributed by atoms with Crippen molar-refractivity contribution in [1.82, 2.24) is 0 Å². The molecule has 0 saturated heterocycles. The standard InChI is InChI=1S/C22H28FN3OS2/c1-13-14-5-3-4-6-16(13)19(29-12-14)20(27)25-15-7-8-18(23)17(11-15)22(2)9-10-28-21(24)26-22/h7-8,11-13,16,19H,3-6,9-10H2,1-2H3,(H2,24,26)(H,25,27)/t13?,16?,19?,22-/m0/s1. The number of hydrogen-bond acceptors (Lipinski definition) is 5. The van der Waals surface area contributed by atoms with Crippen molar-refractivity contribution < 1.29 is 9.18 Å². The number of amides is 1. The lowest BCUT2D eigenvalue weighted by molar-refractivity contribution is -0.116. The lowest BCUT2D eigenvalue weighted by Gasteiger charge is -2.34. The number of benzene rings is 1. The van der Waals surface area contributed by atoms with E-state index in [1.54, 1.807) is 23.9 Å². The summed E-state index contributed by atoms with van der Waals surface area (Å²) in [7, 11) is 0. The normalized spacial score (nSPS) is 32.0. The Morgan fingerprint density at radius 2 is 2.21 bits per heavy atom. The molecule has 1 saturated carbocycles. The van der Waals surface area contributed by atoms with Crippen LogP contribution in [-0.2, 0) is 10.3 Å². The van der Waals surface area contributed by atoms with Gasteiger partial charge >= 0.3 is 0 Å². The van der Waals surface area contributed by atoms with Crippen molar-refractivity contribution in [3.63, 3.8) is 0 Å². The molecule has 4 nitrogen and oxygen atoms in total. The summed E-state index contributed by atoms with van der Waals surface area (Å²) >= 11 is 3.14. The smallest absolute Gasteiger partial charge is 0.238 e. The number of anilines is 1. The van der Waals surface area contributed by atoms with Gasteiger partial charge in [-0.25, -0.2) is 4.39 Å². The molecule has 3 unspecified atom stereocenters. The first-order valence-corrected chi connectivity index (χ1v) is 12.2. The summed E-state index contributed by atoms with van der Waals surface area (Å²) in [4.78, 5) is 17.6. The molecule has 156 valence electrons. The number of nitrogens with one attached hydrogen (secondary N) is 1. The molecule has 1 aliphatic carbocycles. The summed E-state index contributed by atoms with van der Waals surface area (Å²) < 4.78 is 14.6. The molecule has 4 rings (SSSR count). The molecular weight excluding hydrogens is 405 g/mol. The monoisotopic (exact) mass is 433 g/mol. The molecule has 1 aromatic carbocycles. The topological polar surface area (TPSA) is 67.5 Å². The van der Waals surface area contributed by atoms with Crippen LogP contribution in [0.4, 0.5) is 10.1 Å². The van der Waals surface area contributed by atoms with Crippen LogP contribution in [0.2, 0.25) is 0 Å². The Bertz CT molecular complexity index is 872. The van der Waals surface area contributed by atoms with Crippen LogP contribution in [0.25, 0.3) is 0 Å². The molecule has 3 aliphatic rings. The molecule has 1 amide bonds. The Morgan fingerprint density at radius 1 is 1.38 bits per heavy atom. The summed E-state index contributed by atoms with van der Waals surface area (Å²) in [5.41, 5.74) is 7.80. The van der Waals surface area contributed by atoms with Crippen molar-refractivity contribution in [2.24, 2.45) is 22.6 Å². The summed E-state index contributed by atoms with van der Waals surface area (Å²) in [6, 6.07) is 4.78. The van der Waals surface area contributed by atoms with E-state index in [1.165, 1.54) is 36.2 Å². The largest absolute Gasteiger partial charge is 0.379 e. The molecule has 0 radical (unpaired) electrons. The first-order chi connectivity index (χ1) is 13.9. The van der Waals surface area contributed by atoms with Crippen LogP contribution in [0.3, 0.4) is 0 Å². The second kappa shape index (κ2) is 8.34. The zero-order chi connectivity index (χ0) is 20.6. The first kappa shape index (κ1) is 20.8. The highest BCUT2D eigenvalue weighted by molar-refractivity contribution is 8.13. The third kappa shape index (κ3) is 4.22. The van der Waals surface area contributed by atoms with E-state index in [0.717, 1.165) is 18.6 Å². The van der Waals surface area contributed by atoms with Crippen molar-refractivity contribution in [3.8, 4) is 0 Å². The van der Waals surface area contributed by atoms with Gasteiger partial charge in [-0.3, -0.25) is 9.79 Å². The van der Waals surface area contributed by atoms with Crippen LogP contribution in [0.5, 0.6) is 0 Å². The van der Waals surface area contributed by atoms with Gasteiger partial charge in [0, 0.05) is 17.0 Å². The van der Waals surface area contributed by atoms with E-state index in [-0.39, 0.29) is 17.0 Å². The van der Waals surface area contributed by atoms with E-state index in [4.69, 9.17) is 5.73 Å². The average molecular weight is 434 g/mol. The van der Waals surface area contributed by atoms with Gasteiger partial charge < -0.3 is 11.1 Å². The molecular formula is C22H28FN3OS2. The molecule has 0 spiro atoms. The lowest BCUT2D eigenvalue weighted by atomic mass is 9.83. The maximum atomic E-state index is 14.6. The van der Waals surface area contributed by atoms with Crippen molar-refractivity contribution in [2.75, 3.05) is 11.1 Å². The number of thioether (sulfide) groups is 2. The Balaban J connectivity index is 1.56. The fourth-order valence-electron chi connectivity index (χ4n) is 4.67. The number of hydrogen-bond donors (Lipinski definition) is 2. The van der Waals surface area contributed by atoms with E-state index in [0.29, 0.717) is 34.7 Å². The molecule has 29 heavy (non-hydrogen) atoms. The number of rotatable bonds is 3. The lowest BCUT2D eigenvalue weighted by Crippen LogP contribution is -2.37. The van der Waals surface area contributed by atoms with Crippen LogP contribution < -0.4 is 11.1 Å². The Morgan fingerprint density at radius 3 is 3.00 bits per heavy atom. The zero-order valence-electron chi connectivity index (χ0n) is 16.9. The fourth-order valence-corrected chi connectivity index (χ4v) is 7.05. The fraction of sp³-hybridized carbons (Fsp3) is 0.545. The number of fused-ring (bicyclic) bond motifs is 2. The third-order valence-corrected chi connectivity index (χ3v) is 8.59. The van der Waals surface area contributed by atoms with E-state index < -0.39 is 5.54 Å². The van der Waals surface area contributed by atoms with Crippen LogP contribution in [0.15, 0.2) is 34.2 Å². The van der Waals surface area contributed by atoms with E-state index in [1.807, 2.05) is 6.92 Å². The number of aliphatic imine (C=N–C) groups is 1. The first-order valence-electron chi connectivity index (χ1n) is 10.3. The van der Waals surface area contributed by atoms with Gasteiger partial charge in [-0.05, 0) is 68.0 Å². The van der Waals surface area contributed by atoms with Gasteiger partial charge in [-0.1, -0.05) is 30.7 Å². The minimum Gasteiger partial charge on any atom is -0.379 e. The van der Waals surface area contributed by atoms with Crippen molar-refractivity contribution in [3.05, 3.63) is 40.6 Å². The molecule has 1 fully saturated rings. The highest BCUT2D eigenvalue weighted by Gasteiger charge is 2.38. The molecule has 2 aliphatic heterocycles. The Kier molecular flexibility index (Phi) is 5.98. The van der Waals surface area contributed by atoms with E-state index >= 15 is 0 Å². The SMILES string of the molecule is CC1C2=CSC(C(=O)Nc3ccc(F)c([C@]4(C)CCSC(N)=N4)c3)C1CCCC2. The highest BCUT2D eigenvalue weighted by Crippen LogP contribution is 2.45. The van der Waals surface area contributed by atoms with Gasteiger partial charge in [0.2, 0.25) is 5.91 Å². The summed E-state index contributed by atoms with van der Waals surface area (Å²) in [6.07, 6.45) is 5.33. The Labute approximate surface area is 180 Å². The molecule has 0 aromatic heterocycles. The number of nitrogens with two attached hydrogens (primary N) is 1. The summed E-state index contributed by atoms with van der Waals surface area (Å²) in [5, 5.41) is 5.63. The number of nitrogens with zero attached hydrogens (tertiary/aromatic N) is 1. The van der Waals surface area contributed by atoms with Gasteiger partial charge in [-0.2, -0.15) is 0 Å². The van der Waals surface area contributed by atoms with Gasteiger partial charge in [0.25, 0.3) is 0 Å². The van der Waals surface area contributed by atoms with Gasteiger partial charge in [-0.15, -0.1) is 11.8 Å². The number of allylic oxidation sites excluding steroid dienone is 1. The van der Waals surface area contributed by atoms with Gasteiger partial charge in [0.05, 0.1) is 10.8 Å². The maximum absolute atomic E-state index is 14.6. The van der Waals surface area contributed by atoms with E-state index in [2.05, 4.69) is 22.6 Å². The Hall–Kier alpha value is -1.47. The molecule has 3 N–H and O–H groups in total. The highest BCUT2D eigenvalue weighted by atomic mass is 32.2. The van der Waals surface area contributed by atoms with Crippen LogP contribution >= 0.6 is 23.5 Å². The predicted octanol–water partition coefficient (Wildman–Crippen LogP) is 5.26. The number of carbonyl (C=O) groups is 1. The number of carbonyl (C=O) groups excluding carboxylic acids is 1. The zero-order valence-corrected chi connectivity index (χ0v) is 18.5. The average Bonchev–Trinajstić information content (AvgIpc) is 2.78. The second-order valence-electron chi connectivity index (χ2n) is 8.45. The van der Waals surface area contributed by atoms with Gasteiger partial charge in [0.15, 0.2) is 5.17 Å². The van der Waals surface area contributed by atoms with Crippen molar-refractivity contribution in [1.29, 1.82) is 0 Å². The molecule has 2 heterocycles. The van der Waals surface area contributed by atoms with E-state index in [9.17, 15) is 9.18 Å². The summed E-state index contributed by atoms with van der Waals surface area (Å²) in [6.45, 7) is 4.16. The predicted molar refractivity (Wildman–Crippen MR) is 122 cm³/mol. The van der Waals surface area contributed by atoms with Crippen LogP contribution in [0.1, 0.15) is 51.5 Å². The second-order valence-corrected chi connectivity index (χ2v) is 10.6. The minimum atomic E-state index is -0.701. The van der Waals surface area contributed by atoms with Crippen LogP contribution in [0, 0.1) is 17.7 Å². The molecule has 7 heteroatoms. The summed E-state index contributed by atoms with van der Waals surface area (Å²) in [5.74, 6) is 1.31. The van der Waals surface area contributed by atoms with Crippen molar-refractivity contribution >= 4 is 40.3 Å². The third-order valence-electron chi connectivity index (χ3n) is 6.50. The van der Waals surface area contributed by atoms with Crippen LogP contribution in [-0.4, -0.2) is 22.1 Å².